The van der Waals surface area contributed by atoms with Gasteiger partial charge >= 0.3 is 5.69 Å². The van der Waals surface area contributed by atoms with Crippen molar-refractivity contribution in [1.82, 2.24) is 9.78 Å². The van der Waals surface area contributed by atoms with Crippen LogP contribution in [-0.2, 0) is 6.54 Å². The lowest BCUT2D eigenvalue weighted by Gasteiger charge is -2.04. The normalized spacial score (nSPS) is 10.2. The van der Waals surface area contributed by atoms with Gasteiger partial charge in [-0.1, -0.05) is 0 Å². The number of ether oxygens (including phenoxy) is 1. The van der Waals surface area contributed by atoms with E-state index < -0.39 is 4.92 Å². The summed E-state index contributed by atoms with van der Waals surface area (Å²) >= 11 is 0. The number of hydrogen-bond donors (Lipinski definition) is 0. The van der Waals surface area contributed by atoms with Crippen molar-refractivity contribution in [2.24, 2.45) is 0 Å². The molecule has 0 atom stereocenters. The first-order valence-electron chi connectivity index (χ1n) is 5.58. The van der Waals surface area contributed by atoms with Crippen LogP contribution >= 0.6 is 0 Å². The van der Waals surface area contributed by atoms with E-state index in [1.54, 1.807) is 10.9 Å². The van der Waals surface area contributed by atoms with E-state index in [1.165, 1.54) is 24.4 Å². The third-order valence-electron chi connectivity index (χ3n) is 2.48. The molecule has 19 heavy (non-hydrogen) atoms. The van der Waals surface area contributed by atoms with E-state index in [2.05, 4.69) is 5.10 Å². The smallest absolute Gasteiger partial charge is 0.312 e. The number of carbonyl (C=O) groups excluding carboxylic acids is 1. The predicted octanol–water partition coefficient (Wildman–Crippen LogP) is 2.42. The number of rotatable bonds is 5. The lowest BCUT2D eigenvalue weighted by Crippen LogP contribution is -1.95. The van der Waals surface area contributed by atoms with Crippen LogP contribution in [0.1, 0.15) is 17.3 Å². The summed E-state index contributed by atoms with van der Waals surface area (Å²) in [6, 6.07) is 4.03. The van der Waals surface area contributed by atoms with E-state index >= 15 is 0 Å². The van der Waals surface area contributed by atoms with Gasteiger partial charge in [0.1, 0.15) is 6.29 Å². The van der Waals surface area contributed by atoms with Gasteiger partial charge in [0, 0.05) is 18.2 Å². The van der Waals surface area contributed by atoms with Crippen LogP contribution in [0.2, 0.25) is 0 Å². The third kappa shape index (κ3) is 2.76. The van der Waals surface area contributed by atoms with Gasteiger partial charge in [-0.2, -0.15) is 5.10 Å². The maximum Gasteiger partial charge on any atom is 0.312 e. The standard InChI is InChI=1S/C12H11N3O4/c1-2-14-7-10(6-13-14)19-12-4-3-9(8-16)5-11(12)15(17)18/h3-8H,2H2,1H3. The Kier molecular flexibility index (Phi) is 3.56. The lowest BCUT2D eigenvalue weighted by molar-refractivity contribution is -0.385. The molecule has 0 unspecified atom stereocenters. The second kappa shape index (κ2) is 5.30. The highest BCUT2D eigenvalue weighted by molar-refractivity contribution is 5.77. The van der Waals surface area contributed by atoms with Crippen molar-refractivity contribution in [3.05, 3.63) is 46.3 Å². The first-order chi connectivity index (χ1) is 9.13. The molecule has 98 valence electrons. The Morgan fingerprint density at radius 2 is 2.32 bits per heavy atom. The van der Waals surface area contributed by atoms with Crippen LogP contribution in [0.5, 0.6) is 11.5 Å². The van der Waals surface area contributed by atoms with Crippen LogP contribution < -0.4 is 4.74 Å². The average Bonchev–Trinajstić information content (AvgIpc) is 2.86. The van der Waals surface area contributed by atoms with Gasteiger partial charge in [0.15, 0.2) is 5.75 Å². The van der Waals surface area contributed by atoms with E-state index in [9.17, 15) is 14.9 Å². The highest BCUT2D eigenvalue weighted by atomic mass is 16.6. The average molecular weight is 261 g/mol. The van der Waals surface area contributed by atoms with Crippen LogP contribution in [0.4, 0.5) is 5.69 Å². The molecule has 0 amide bonds. The monoisotopic (exact) mass is 261 g/mol. The molecule has 0 radical (unpaired) electrons. The number of carbonyl (C=O) groups is 1. The van der Waals surface area contributed by atoms with Crippen LogP contribution in [0.3, 0.4) is 0 Å². The van der Waals surface area contributed by atoms with Gasteiger partial charge in [-0.3, -0.25) is 19.6 Å². The van der Waals surface area contributed by atoms with Gasteiger partial charge < -0.3 is 4.74 Å². The SMILES string of the molecule is CCn1cc(Oc2ccc(C=O)cc2[N+](=O)[O-])cn1. The molecule has 0 aliphatic heterocycles. The maximum atomic E-state index is 10.9. The molecule has 0 aliphatic rings. The van der Waals surface area contributed by atoms with Gasteiger partial charge in [0.25, 0.3) is 0 Å². The van der Waals surface area contributed by atoms with Gasteiger partial charge in [-0.25, -0.2) is 0 Å². The zero-order valence-corrected chi connectivity index (χ0v) is 10.1. The van der Waals surface area contributed by atoms with Crippen LogP contribution in [0.15, 0.2) is 30.6 Å². The molecule has 0 N–H and O–H groups in total. The van der Waals surface area contributed by atoms with Crippen LogP contribution in [0, 0.1) is 10.1 Å². The van der Waals surface area contributed by atoms with Crippen molar-refractivity contribution in [2.45, 2.75) is 13.5 Å². The molecule has 1 heterocycles. The van der Waals surface area contributed by atoms with Crippen LogP contribution in [0.25, 0.3) is 0 Å². The highest BCUT2D eigenvalue weighted by Gasteiger charge is 2.17. The fraction of sp³-hybridized carbons (Fsp3) is 0.167. The molecule has 0 fully saturated rings. The first kappa shape index (κ1) is 12.7. The van der Waals surface area contributed by atoms with E-state index in [0.717, 1.165) is 0 Å². The van der Waals surface area contributed by atoms with Crippen molar-refractivity contribution in [3.63, 3.8) is 0 Å². The van der Waals surface area contributed by atoms with E-state index in [4.69, 9.17) is 4.74 Å². The second-order valence-corrected chi connectivity index (χ2v) is 3.74. The Bertz CT molecular complexity index is 621. The molecule has 1 aromatic heterocycles. The summed E-state index contributed by atoms with van der Waals surface area (Å²) in [5.41, 5.74) is -0.0304. The molecular weight excluding hydrogens is 250 g/mol. The molecule has 0 aliphatic carbocycles. The van der Waals surface area contributed by atoms with E-state index in [-0.39, 0.29) is 17.0 Å². The zero-order valence-electron chi connectivity index (χ0n) is 10.1. The predicted molar refractivity (Wildman–Crippen MR) is 66.5 cm³/mol. The maximum absolute atomic E-state index is 10.9. The lowest BCUT2D eigenvalue weighted by atomic mass is 10.2. The topological polar surface area (TPSA) is 87.3 Å². The Balaban J connectivity index is 2.33. The van der Waals surface area contributed by atoms with Crippen LogP contribution in [-0.4, -0.2) is 21.0 Å². The molecule has 2 rings (SSSR count). The summed E-state index contributed by atoms with van der Waals surface area (Å²) in [4.78, 5) is 21.0. The van der Waals surface area contributed by atoms with Crippen molar-refractivity contribution in [3.8, 4) is 11.5 Å². The minimum absolute atomic E-state index is 0.0752. The third-order valence-corrected chi connectivity index (χ3v) is 2.48. The number of aldehydes is 1. The molecule has 0 saturated carbocycles. The van der Waals surface area contributed by atoms with Crippen molar-refractivity contribution < 1.29 is 14.5 Å². The Morgan fingerprint density at radius 1 is 1.53 bits per heavy atom. The van der Waals surface area contributed by atoms with Crippen molar-refractivity contribution in [2.75, 3.05) is 0 Å². The molecule has 7 heteroatoms. The Morgan fingerprint density at radius 3 is 2.89 bits per heavy atom. The second-order valence-electron chi connectivity index (χ2n) is 3.74. The summed E-state index contributed by atoms with van der Waals surface area (Å²) in [5.74, 6) is 0.482. The number of nitro groups is 1. The summed E-state index contributed by atoms with van der Waals surface area (Å²) in [5, 5.41) is 14.9. The van der Waals surface area contributed by atoms with Gasteiger partial charge in [-0.15, -0.1) is 0 Å². The number of nitrogens with zero attached hydrogens (tertiary/aromatic N) is 3. The fourth-order valence-electron chi connectivity index (χ4n) is 1.53. The summed E-state index contributed by atoms with van der Waals surface area (Å²) in [6.07, 6.45) is 3.66. The largest absolute Gasteiger partial charge is 0.447 e. The molecule has 1 aromatic carbocycles. The number of aryl methyl sites for hydroxylation is 1. The van der Waals surface area contributed by atoms with E-state index in [0.29, 0.717) is 18.6 Å². The molecule has 0 saturated heterocycles. The summed E-state index contributed by atoms with van der Waals surface area (Å²) < 4.78 is 7.05. The molecule has 0 spiro atoms. The van der Waals surface area contributed by atoms with E-state index in [1.807, 2.05) is 6.92 Å². The Labute approximate surface area is 108 Å². The first-order valence-corrected chi connectivity index (χ1v) is 5.58. The molecule has 0 bridgehead atoms. The quantitative estimate of drug-likeness (QED) is 0.468. The molecule has 2 aromatic rings. The number of benzene rings is 1. The summed E-state index contributed by atoms with van der Waals surface area (Å²) in [6.45, 7) is 2.59. The van der Waals surface area contributed by atoms with Gasteiger partial charge in [-0.05, 0) is 19.1 Å². The van der Waals surface area contributed by atoms with Crippen molar-refractivity contribution in [1.29, 1.82) is 0 Å². The zero-order chi connectivity index (χ0) is 13.8. The minimum Gasteiger partial charge on any atom is -0.447 e. The minimum atomic E-state index is -0.591. The molecule has 7 nitrogen and oxygen atoms in total. The Hall–Kier alpha value is -2.70. The van der Waals surface area contributed by atoms with Crippen molar-refractivity contribution >= 4 is 12.0 Å². The fourth-order valence-corrected chi connectivity index (χ4v) is 1.53. The summed E-state index contributed by atoms with van der Waals surface area (Å²) in [7, 11) is 0. The molecular formula is C12H11N3O4. The number of aromatic nitrogens is 2. The number of nitro benzene ring substituents is 1. The number of hydrogen-bond acceptors (Lipinski definition) is 5. The van der Waals surface area contributed by atoms with Gasteiger partial charge in [0.2, 0.25) is 5.75 Å². The van der Waals surface area contributed by atoms with Gasteiger partial charge in [0.05, 0.1) is 17.3 Å². The highest BCUT2D eigenvalue weighted by Crippen LogP contribution is 2.31.